The molecular formula is C12H26O16. The molecule has 0 saturated heterocycles. The van der Waals surface area contributed by atoms with Crippen LogP contribution in [-0.2, 0) is 19.6 Å². The van der Waals surface area contributed by atoms with Gasteiger partial charge in [-0.05, 0) is 0 Å². The van der Waals surface area contributed by atoms with Gasteiger partial charge in [0.05, 0.1) is 13.2 Å². The van der Waals surface area contributed by atoms with E-state index in [1.807, 2.05) is 0 Å². The molecule has 0 aliphatic rings. The Kier molecular flexibility index (Phi) is 13.2. The van der Waals surface area contributed by atoms with Crippen molar-refractivity contribution < 1.29 is 81.1 Å². The normalized spacial score (nSPS) is 23.1. The fraction of sp³-hybridized carbons (Fsp3) is 1.00. The fourth-order valence-electron chi connectivity index (χ4n) is 1.78. The number of aliphatic hydroxyl groups excluding tert-OH is 10. The molecule has 10 atom stereocenters. The largest absolute Gasteiger partial charge is 0.394 e. The maximum Gasteiger partial charge on any atom is 0.252 e. The molecule has 2 unspecified atom stereocenters. The second-order valence-corrected chi connectivity index (χ2v) is 5.58. The summed E-state index contributed by atoms with van der Waals surface area (Å²) in [4.78, 5) is 15.7. The highest BCUT2D eigenvalue weighted by Gasteiger charge is 2.40. The lowest BCUT2D eigenvalue weighted by Gasteiger charge is -2.31. The van der Waals surface area contributed by atoms with E-state index < -0.39 is 74.6 Å². The van der Waals surface area contributed by atoms with Crippen molar-refractivity contribution in [2.24, 2.45) is 0 Å². The summed E-state index contributed by atoms with van der Waals surface area (Å²) < 4.78 is 0. The second kappa shape index (κ2) is 13.6. The van der Waals surface area contributed by atoms with Crippen molar-refractivity contribution in [1.82, 2.24) is 0 Å². The molecule has 0 bridgehead atoms. The highest BCUT2D eigenvalue weighted by atomic mass is 17.3. The molecule has 0 spiro atoms. The van der Waals surface area contributed by atoms with Crippen molar-refractivity contribution in [3.63, 3.8) is 0 Å². The Morgan fingerprint density at radius 2 is 0.750 bits per heavy atom. The van der Waals surface area contributed by atoms with E-state index in [1.165, 1.54) is 0 Å². The topological polar surface area (TPSA) is 280 Å². The molecule has 12 N–H and O–H groups in total. The van der Waals surface area contributed by atoms with Gasteiger partial charge in [0, 0.05) is 0 Å². The van der Waals surface area contributed by atoms with Crippen molar-refractivity contribution in [2.75, 3.05) is 13.2 Å². The minimum Gasteiger partial charge on any atom is -0.394 e. The Balaban J connectivity index is 4.92. The quantitative estimate of drug-likeness (QED) is 0.0658. The fourth-order valence-corrected chi connectivity index (χ4v) is 1.78. The van der Waals surface area contributed by atoms with Crippen LogP contribution in [0.2, 0.25) is 0 Å². The lowest BCUT2D eigenvalue weighted by atomic mass is 10.0. The van der Waals surface area contributed by atoms with E-state index >= 15 is 0 Å². The maximum absolute atomic E-state index is 9.71. The Morgan fingerprint density at radius 3 is 0.964 bits per heavy atom. The molecule has 28 heavy (non-hydrogen) atoms. The standard InChI is InChI=1S/C12H26O16/c13-1-3(15)5(17)7(19)9(21)11(25-23)27-28-12(26-24)10(22)8(20)6(18)4(16)2-14/h3-24H,1-2H2/t3-,4-,5-,6-,7+,8+,9-,10-,11?,12?/m1/s1. The Bertz CT molecular complexity index is 364. The Hall–Kier alpha value is -0.640. The highest BCUT2D eigenvalue weighted by molar-refractivity contribution is 4.83. The van der Waals surface area contributed by atoms with Gasteiger partial charge in [0.25, 0.3) is 12.6 Å². The van der Waals surface area contributed by atoms with E-state index in [2.05, 4.69) is 19.6 Å². The third-order valence-corrected chi connectivity index (χ3v) is 3.57. The van der Waals surface area contributed by atoms with Gasteiger partial charge in [0.1, 0.15) is 48.8 Å². The molecule has 0 radical (unpaired) electrons. The van der Waals surface area contributed by atoms with Crippen LogP contribution in [0.5, 0.6) is 0 Å². The molecule has 0 aliphatic heterocycles. The first-order valence-electron chi connectivity index (χ1n) is 7.66. The summed E-state index contributed by atoms with van der Waals surface area (Å²) in [5.41, 5.74) is 0. The summed E-state index contributed by atoms with van der Waals surface area (Å²) in [7, 11) is 0. The number of rotatable bonds is 15. The van der Waals surface area contributed by atoms with E-state index in [0.717, 1.165) is 0 Å². The number of aliphatic hydroxyl groups is 10. The van der Waals surface area contributed by atoms with Gasteiger partial charge < -0.3 is 51.1 Å². The first kappa shape index (κ1) is 27.4. The van der Waals surface area contributed by atoms with Gasteiger partial charge in [-0.2, -0.15) is 9.78 Å². The van der Waals surface area contributed by atoms with E-state index in [1.54, 1.807) is 0 Å². The lowest BCUT2D eigenvalue weighted by molar-refractivity contribution is -0.529. The summed E-state index contributed by atoms with van der Waals surface area (Å²) in [5, 5.41) is 111. The van der Waals surface area contributed by atoms with Crippen LogP contribution in [0.25, 0.3) is 0 Å². The van der Waals surface area contributed by atoms with Crippen LogP contribution in [0.15, 0.2) is 0 Å². The molecule has 170 valence electrons. The smallest absolute Gasteiger partial charge is 0.252 e. The van der Waals surface area contributed by atoms with Gasteiger partial charge in [-0.15, -0.1) is 0 Å². The molecule has 0 rings (SSSR count). The SMILES string of the molecule is OC[C@@H](O)[C@@H](O)[C@H](O)[C@@H](O)C(OO)OOC(OO)[C@H](O)[C@@H](O)[C@H](O)[C@H](O)CO. The Morgan fingerprint density at radius 1 is 0.464 bits per heavy atom. The monoisotopic (exact) mass is 426 g/mol. The number of hydrogen-bond acceptors (Lipinski definition) is 16. The van der Waals surface area contributed by atoms with Crippen LogP contribution in [0.4, 0.5) is 0 Å². The average molecular weight is 426 g/mol. The molecule has 16 heteroatoms. The zero-order valence-electron chi connectivity index (χ0n) is 14.2. The molecule has 0 aliphatic carbocycles. The van der Waals surface area contributed by atoms with Crippen molar-refractivity contribution in [1.29, 1.82) is 0 Å². The second-order valence-electron chi connectivity index (χ2n) is 5.58. The molecular weight excluding hydrogens is 400 g/mol. The summed E-state index contributed by atoms with van der Waals surface area (Å²) in [6.07, 6.45) is -22.0. The summed E-state index contributed by atoms with van der Waals surface area (Å²) in [6.45, 7) is -2.00. The van der Waals surface area contributed by atoms with Crippen molar-refractivity contribution in [3.05, 3.63) is 0 Å². The molecule has 0 aromatic rings. The minimum atomic E-state index is -2.36. The summed E-state index contributed by atoms with van der Waals surface area (Å²) in [5.74, 6) is 0. The van der Waals surface area contributed by atoms with Crippen molar-refractivity contribution >= 4 is 0 Å². The van der Waals surface area contributed by atoms with E-state index in [0.29, 0.717) is 0 Å². The predicted molar refractivity (Wildman–Crippen MR) is 79.4 cm³/mol. The van der Waals surface area contributed by atoms with Crippen LogP contribution in [-0.4, -0.2) is 136 Å². The van der Waals surface area contributed by atoms with Crippen LogP contribution < -0.4 is 0 Å². The van der Waals surface area contributed by atoms with Gasteiger partial charge in [-0.25, -0.2) is 20.3 Å². The third kappa shape index (κ3) is 7.65. The molecule has 16 nitrogen and oxygen atoms in total. The average Bonchev–Trinajstić information content (AvgIpc) is 2.72. The molecule has 0 heterocycles. The van der Waals surface area contributed by atoms with E-state index in [9.17, 15) is 40.9 Å². The molecule has 0 saturated carbocycles. The van der Waals surface area contributed by atoms with Crippen LogP contribution in [0, 0.1) is 0 Å². The van der Waals surface area contributed by atoms with Crippen LogP contribution in [0.3, 0.4) is 0 Å². The third-order valence-electron chi connectivity index (χ3n) is 3.57. The van der Waals surface area contributed by atoms with Gasteiger partial charge in [0.2, 0.25) is 0 Å². The van der Waals surface area contributed by atoms with Gasteiger partial charge in [-0.1, -0.05) is 0 Å². The molecule has 0 aromatic carbocycles. The maximum atomic E-state index is 9.71. The summed E-state index contributed by atoms with van der Waals surface area (Å²) in [6, 6.07) is 0. The predicted octanol–water partition coefficient (Wildman–Crippen LogP) is -6.56. The number of hydrogen-bond donors (Lipinski definition) is 12. The zero-order chi connectivity index (χ0) is 22.0. The minimum absolute atomic E-state index is 1.00. The first-order valence-corrected chi connectivity index (χ1v) is 7.66. The molecule has 0 fully saturated rings. The highest BCUT2D eigenvalue weighted by Crippen LogP contribution is 2.16. The van der Waals surface area contributed by atoms with Crippen LogP contribution >= 0.6 is 0 Å². The molecule has 0 aromatic heterocycles. The van der Waals surface area contributed by atoms with E-state index in [4.69, 9.17) is 20.7 Å². The lowest BCUT2D eigenvalue weighted by Crippen LogP contribution is -2.53. The van der Waals surface area contributed by atoms with Crippen molar-refractivity contribution in [3.8, 4) is 0 Å². The van der Waals surface area contributed by atoms with Crippen LogP contribution in [0.1, 0.15) is 0 Å². The summed E-state index contributed by atoms with van der Waals surface area (Å²) >= 11 is 0. The first-order chi connectivity index (χ1) is 13.1. The zero-order valence-corrected chi connectivity index (χ0v) is 14.2. The van der Waals surface area contributed by atoms with Crippen molar-refractivity contribution in [2.45, 2.75) is 61.4 Å². The van der Waals surface area contributed by atoms with Gasteiger partial charge in [-0.3, -0.25) is 0 Å². The van der Waals surface area contributed by atoms with E-state index in [-0.39, 0.29) is 0 Å². The Labute approximate surface area is 157 Å². The molecule has 0 amide bonds. The van der Waals surface area contributed by atoms with Gasteiger partial charge >= 0.3 is 0 Å². The van der Waals surface area contributed by atoms with Gasteiger partial charge in [0.15, 0.2) is 0 Å².